The van der Waals surface area contributed by atoms with Crippen LogP contribution < -0.4 is 0 Å². The molecular formula is C18H30O6. The fraction of sp³-hybridized carbons (Fsp3) is 1.00. The Bertz CT molecular complexity index is 472. The molecule has 2 bridgehead atoms. The van der Waals surface area contributed by atoms with Crippen LogP contribution in [0.4, 0.5) is 0 Å². The third-order valence-corrected chi connectivity index (χ3v) is 6.68. The van der Waals surface area contributed by atoms with Gasteiger partial charge in [-0.25, -0.2) is 9.78 Å². The summed E-state index contributed by atoms with van der Waals surface area (Å²) in [6.07, 6.45) is 3.96. The van der Waals surface area contributed by atoms with Gasteiger partial charge in [0.2, 0.25) is 5.79 Å². The molecule has 4 saturated heterocycles. The summed E-state index contributed by atoms with van der Waals surface area (Å²) < 4.78 is 18.5. The predicted molar refractivity (Wildman–Crippen MR) is 84.5 cm³/mol. The normalized spacial score (nSPS) is 53.5. The van der Waals surface area contributed by atoms with Gasteiger partial charge in [-0.3, -0.25) is 0 Å². The molecule has 5 aliphatic rings. The van der Waals surface area contributed by atoms with Crippen LogP contribution in [0, 0.1) is 23.7 Å². The molecule has 1 aliphatic carbocycles. The van der Waals surface area contributed by atoms with Crippen molar-refractivity contribution in [2.75, 3.05) is 13.2 Å². The molecule has 5 fully saturated rings. The highest BCUT2D eigenvalue weighted by Gasteiger charge is 2.69. The van der Waals surface area contributed by atoms with Crippen molar-refractivity contribution in [1.29, 1.82) is 0 Å². The SMILES string of the molecule is C[C@H]1[C@H](OCCCO)O[C@@H]2O[C@@]3(C)CC[C@H]4[C@H](C)CC[C@@H]1[C@@]24OO3. The molecule has 0 amide bonds. The molecule has 0 unspecified atom stereocenters. The second-order valence-corrected chi connectivity index (χ2v) is 8.22. The molecule has 0 aromatic carbocycles. The molecule has 5 rings (SSSR count). The number of aliphatic hydroxyl groups is 1. The fourth-order valence-electron chi connectivity index (χ4n) is 5.33. The number of hydrogen-bond donors (Lipinski definition) is 1. The van der Waals surface area contributed by atoms with Crippen LogP contribution in [0.1, 0.15) is 52.9 Å². The lowest BCUT2D eigenvalue weighted by molar-refractivity contribution is -0.577. The molecule has 1 saturated carbocycles. The molecule has 4 aliphatic heterocycles. The van der Waals surface area contributed by atoms with Gasteiger partial charge in [0.25, 0.3) is 0 Å². The van der Waals surface area contributed by atoms with Crippen LogP contribution in [-0.2, 0) is 24.0 Å². The van der Waals surface area contributed by atoms with Gasteiger partial charge < -0.3 is 19.3 Å². The maximum absolute atomic E-state index is 8.99. The molecule has 0 aromatic heterocycles. The average Bonchev–Trinajstić information content (AvgIpc) is 2.78. The first-order valence-electron chi connectivity index (χ1n) is 9.43. The highest BCUT2D eigenvalue weighted by molar-refractivity contribution is 5.09. The molecular weight excluding hydrogens is 312 g/mol. The van der Waals surface area contributed by atoms with Crippen molar-refractivity contribution in [3.8, 4) is 0 Å². The van der Waals surface area contributed by atoms with E-state index in [4.69, 9.17) is 29.1 Å². The topological polar surface area (TPSA) is 66.4 Å². The van der Waals surface area contributed by atoms with E-state index in [1.165, 1.54) is 6.42 Å². The molecule has 8 atom stereocenters. The standard InChI is InChI=1S/C18H30O6/c1-11-5-6-14-12(2)15(20-10-4-9-19)21-16-18(14)13(11)7-8-17(3,22-16)23-24-18/h11-16,19H,4-10H2,1-3H3/t11-,12-,13+,14+,15-,16-,17-,18-/m1/s1. The van der Waals surface area contributed by atoms with E-state index in [2.05, 4.69) is 13.8 Å². The van der Waals surface area contributed by atoms with Crippen LogP contribution in [0.3, 0.4) is 0 Å². The Labute approximate surface area is 143 Å². The van der Waals surface area contributed by atoms with Gasteiger partial charge in [-0.2, -0.15) is 0 Å². The third-order valence-electron chi connectivity index (χ3n) is 6.68. The van der Waals surface area contributed by atoms with Crippen molar-refractivity contribution in [2.24, 2.45) is 23.7 Å². The lowest BCUT2D eigenvalue weighted by Crippen LogP contribution is -2.70. The van der Waals surface area contributed by atoms with Crippen LogP contribution in [-0.4, -0.2) is 42.3 Å². The van der Waals surface area contributed by atoms with Gasteiger partial charge in [-0.05, 0) is 44.4 Å². The summed E-state index contributed by atoms with van der Waals surface area (Å²) in [5.74, 6) is 0.697. The Balaban J connectivity index is 1.64. The quantitative estimate of drug-likeness (QED) is 0.626. The van der Waals surface area contributed by atoms with E-state index in [1.807, 2.05) is 6.92 Å². The van der Waals surface area contributed by atoms with Gasteiger partial charge in [0.1, 0.15) is 0 Å². The lowest BCUT2D eigenvalue weighted by Gasteiger charge is -2.60. The number of fused-ring (bicyclic) bond motifs is 2. The van der Waals surface area contributed by atoms with Crippen LogP contribution in [0.2, 0.25) is 0 Å². The van der Waals surface area contributed by atoms with Gasteiger partial charge >= 0.3 is 0 Å². The Morgan fingerprint density at radius 2 is 1.96 bits per heavy atom. The number of aliphatic hydroxyl groups excluding tert-OH is 1. The lowest BCUT2D eigenvalue weighted by atomic mass is 9.58. The molecule has 6 heteroatoms. The third kappa shape index (κ3) is 2.46. The van der Waals surface area contributed by atoms with Crippen LogP contribution in [0.15, 0.2) is 0 Å². The minimum absolute atomic E-state index is 0.128. The molecule has 0 aromatic rings. The van der Waals surface area contributed by atoms with Crippen LogP contribution in [0.5, 0.6) is 0 Å². The number of rotatable bonds is 4. The first-order chi connectivity index (χ1) is 11.5. The van der Waals surface area contributed by atoms with Gasteiger partial charge in [-0.15, -0.1) is 0 Å². The zero-order valence-electron chi connectivity index (χ0n) is 14.9. The Morgan fingerprint density at radius 1 is 1.12 bits per heavy atom. The number of ether oxygens (including phenoxy) is 3. The molecule has 6 nitrogen and oxygen atoms in total. The van der Waals surface area contributed by atoms with E-state index >= 15 is 0 Å². The first kappa shape index (κ1) is 17.2. The van der Waals surface area contributed by atoms with E-state index in [1.54, 1.807) is 0 Å². The summed E-state index contributed by atoms with van der Waals surface area (Å²) >= 11 is 0. The van der Waals surface area contributed by atoms with Crippen LogP contribution >= 0.6 is 0 Å². The van der Waals surface area contributed by atoms with Crippen molar-refractivity contribution in [2.45, 2.75) is 76.8 Å². The Kier molecular flexibility index (Phi) is 4.43. The summed E-state index contributed by atoms with van der Waals surface area (Å²) in [7, 11) is 0. The molecule has 138 valence electrons. The maximum Gasteiger partial charge on any atom is 0.201 e. The van der Waals surface area contributed by atoms with Gasteiger partial charge in [-0.1, -0.05) is 13.8 Å². The van der Waals surface area contributed by atoms with Crippen LogP contribution in [0.25, 0.3) is 0 Å². The zero-order valence-corrected chi connectivity index (χ0v) is 14.9. The molecule has 24 heavy (non-hydrogen) atoms. The fourth-order valence-corrected chi connectivity index (χ4v) is 5.33. The molecule has 1 N–H and O–H groups in total. The van der Waals surface area contributed by atoms with Crippen molar-refractivity contribution in [3.63, 3.8) is 0 Å². The van der Waals surface area contributed by atoms with E-state index in [9.17, 15) is 0 Å². The zero-order chi connectivity index (χ0) is 16.9. The monoisotopic (exact) mass is 342 g/mol. The van der Waals surface area contributed by atoms with Crippen molar-refractivity contribution in [3.05, 3.63) is 0 Å². The predicted octanol–water partition coefficient (Wildman–Crippen LogP) is 2.59. The van der Waals surface area contributed by atoms with Crippen molar-refractivity contribution in [1.82, 2.24) is 0 Å². The second-order valence-electron chi connectivity index (χ2n) is 8.22. The van der Waals surface area contributed by atoms with E-state index in [0.29, 0.717) is 30.8 Å². The van der Waals surface area contributed by atoms with Crippen molar-refractivity contribution >= 4 is 0 Å². The van der Waals surface area contributed by atoms with Crippen molar-refractivity contribution < 1.29 is 29.1 Å². The molecule has 1 spiro atoms. The first-order valence-corrected chi connectivity index (χ1v) is 9.43. The second kappa shape index (κ2) is 6.18. The van der Waals surface area contributed by atoms with Gasteiger partial charge in [0.05, 0.1) is 6.61 Å². The number of hydrogen-bond acceptors (Lipinski definition) is 6. The highest BCUT2D eigenvalue weighted by atomic mass is 17.3. The Hall–Kier alpha value is -0.240. The Morgan fingerprint density at radius 3 is 2.75 bits per heavy atom. The summed E-state index contributed by atoms with van der Waals surface area (Å²) in [6.45, 7) is 7.04. The summed E-state index contributed by atoms with van der Waals surface area (Å²) in [5, 5.41) is 8.99. The van der Waals surface area contributed by atoms with E-state index < -0.39 is 17.7 Å². The summed E-state index contributed by atoms with van der Waals surface area (Å²) in [5.41, 5.74) is -0.524. The minimum Gasteiger partial charge on any atom is -0.396 e. The molecule has 0 radical (unpaired) electrons. The summed E-state index contributed by atoms with van der Waals surface area (Å²) in [4.78, 5) is 11.9. The largest absolute Gasteiger partial charge is 0.396 e. The van der Waals surface area contributed by atoms with E-state index in [-0.39, 0.29) is 18.8 Å². The summed E-state index contributed by atoms with van der Waals surface area (Å²) in [6, 6.07) is 0. The van der Waals surface area contributed by atoms with E-state index in [0.717, 1.165) is 19.3 Å². The highest BCUT2D eigenvalue weighted by Crippen LogP contribution is 2.60. The smallest absolute Gasteiger partial charge is 0.201 e. The van der Waals surface area contributed by atoms with Gasteiger partial charge in [0, 0.05) is 24.9 Å². The molecule has 4 heterocycles. The average molecular weight is 342 g/mol. The minimum atomic E-state index is -0.742. The van der Waals surface area contributed by atoms with Gasteiger partial charge in [0.15, 0.2) is 18.2 Å². The maximum atomic E-state index is 8.99.